The van der Waals surface area contributed by atoms with Crippen molar-refractivity contribution in [2.24, 2.45) is 0 Å². The minimum atomic E-state index is -0.369. The lowest BCUT2D eigenvalue weighted by molar-refractivity contribution is 0.0725. The lowest BCUT2D eigenvalue weighted by Gasteiger charge is -2.21. The molecule has 0 spiro atoms. The van der Waals surface area contributed by atoms with E-state index in [9.17, 15) is 14.7 Å². The first-order valence-corrected chi connectivity index (χ1v) is 13.2. The number of aryl methyl sites for hydroxylation is 1. The second-order valence-corrected chi connectivity index (χ2v) is 11.2. The number of nitrogens with one attached hydrogen (secondary N) is 2. The molecule has 8 nitrogen and oxygen atoms in total. The highest BCUT2D eigenvalue weighted by Gasteiger charge is 2.44. The number of nitrogens with zero attached hydrogens (tertiary/aromatic N) is 3. The van der Waals surface area contributed by atoms with E-state index in [1.54, 1.807) is 6.20 Å². The minimum absolute atomic E-state index is 0.0618. The average molecular weight is 484 g/mol. The third-order valence-electron chi connectivity index (χ3n) is 7.24. The summed E-state index contributed by atoms with van der Waals surface area (Å²) in [5, 5.41) is 16.4. The first-order valence-electron chi connectivity index (χ1n) is 12.4. The topological polar surface area (TPSA) is 107 Å². The number of aliphatic hydroxyl groups is 1. The molecule has 2 bridgehead atoms. The molecule has 9 heteroatoms. The Bertz CT molecular complexity index is 1080. The molecule has 0 unspecified atom stereocenters. The van der Waals surface area contributed by atoms with Crippen LogP contribution in [0.25, 0.3) is 10.4 Å². The number of rotatable bonds is 6. The number of carbonyl (C=O) groups is 2. The van der Waals surface area contributed by atoms with Crippen molar-refractivity contribution in [1.82, 2.24) is 20.2 Å². The van der Waals surface area contributed by atoms with Crippen LogP contribution in [0.4, 0.5) is 5.82 Å². The van der Waals surface area contributed by atoms with Crippen molar-refractivity contribution in [3.8, 4) is 10.4 Å². The number of aliphatic hydroxyl groups excluding tert-OH is 1. The van der Waals surface area contributed by atoms with E-state index < -0.39 is 0 Å². The van der Waals surface area contributed by atoms with Crippen LogP contribution in [0.3, 0.4) is 0 Å². The molecule has 3 N–H and O–H groups in total. The maximum absolute atomic E-state index is 13.7. The van der Waals surface area contributed by atoms with Crippen LogP contribution < -0.4 is 10.6 Å². The molecular formula is C25H33N5O3S. The Labute approximate surface area is 204 Å². The van der Waals surface area contributed by atoms with Gasteiger partial charge in [0, 0.05) is 35.9 Å². The Balaban J connectivity index is 1.49. The van der Waals surface area contributed by atoms with Gasteiger partial charge in [-0.05, 0) is 77.3 Å². The van der Waals surface area contributed by atoms with E-state index in [0.29, 0.717) is 23.4 Å². The molecule has 3 fully saturated rings. The van der Waals surface area contributed by atoms with Gasteiger partial charge in [0.1, 0.15) is 11.5 Å². The maximum Gasteiger partial charge on any atom is 0.280 e. The highest BCUT2D eigenvalue weighted by atomic mass is 32.1. The van der Waals surface area contributed by atoms with Crippen LogP contribution in [0.5, 0.6) is 0 Å². The van der Waals surface area contributed by atoms with Crippen molar-refractivity contribution in [1.29, 1.82) is 0 Å². The number of hydrogen-bond acceptors (Lipinski definition) is 7. The molecule has 2 aliphatic heterocycles. The standard InChI is InChI=1S/C25H33N5O3S/c1-13(2)27-20-10-14(3)19(12-26-20)22-21(25(33)30-16-5-6-17(30)8-7-16)29-24(34-22)23(32)28-15-4-9-18(31)11-15/h10,12-13,15-18,31H,4-9,11H2,1-3H3,(H,26,27)(H,28,32)/t15-,16?,17?,18-/m1/s1. The number of carbonyl (C=O) groups excluding carboxylic acids is 2. The van der Waals surface area contributed by atoms with Crippen LogP contribution in [0, 0.1) is 6.92 Å². The maximum atomic E-state index is 13.7. The number of anilines is 1. The predicted octanol–water partition coefficient (Wildman–Crippen LogP) is 3.74. The Kier molecular flexibility index (Phi) is 6.33. The van der Waals surface area contributed by atoms with E-state index in [-0.39, 0.29) is 47.1 Å². The largest absolute Gasteiger partial charge is 0.393 e. The number of fused-ring (bicyclic) bond motifs is 2. The van der Waals surface area contributed by atoms with Gasteiger partial charge in [0.2, 0.25) is 0 Å². The van der Waals surface area contributed by atoms with E-state index >= 15 is 0 Å². The van der Waals surface area contributed by atoms with Crippen LogP contribution >= 0.6 is 11.3 Å². The van der Waals surface area contributed by atoms with Crippen molar-refractivity contribution in [3.05, 3.63) is 28.5 Å². The summed E-state index contributed by atoms with van der Waals surface area (Å²) < 4.78 is 0. The summed E-state index contributed by atoms with van der Waals surface area (Å²) in [4.78, 5) is 38.6. The van der Waals surface area contributed by atoms with E-state index in [0.717, 1.165) is 49.0 Å². The third-order valence-corrected chi connectivity index (χ3v) is 8.33. The molecule has 0 radical (unpaired) electrons. The molecule has 1 aliphatic carbocycles. The van der Waals surface area contributed by atoms with Crippen molar-refractivity contribution >= 4 is 29.0 Å². The van der Waals surface area contributed by atoms with Gasteiger partial charge in [-0.15, -0.1) is 11.3 Å². The van der Waals surface area contributed by atoms with Crippen LogP contribution in [0.1, 0.15) is 84.6 Å². The highest BCUT2D eigenvalue weighted by Crippen LogP contribution is 2.41. The van der Waals surface area contributed by atoms with Crippen LogP contribution in [-0.2, 0) is 0 Å². The van der Waals surface area contributed by atoms with Crippen molar-refractivity contribution in [2.75, 3.05) is 5.32 Å². The molecule has 0 aromatic carbocycles. The lowest BCUT2D eigenvalue weighted by atomic mass is 10.0. The first-order chi connectivity index (χ1) is 16.3. The van der Waals surface area contributed by atoms with E-state index in [1.807, 2.05) is 17.9 Å². The molecule has 5 rings (SSSR count). The Morgan fingerprint density at radius 1 is 1.15 bits per heavy atom. The molecule has 2 amide bonds. The van der Waals surface area contributed by atoms with Crippen molar-refractivity contribution in [3.63, 3.8) is 0 Å². The molecule has 34 heavy (non-hydrogen) atoms. The Hall–Kier alpha value is -2.52. The van der Waals surface area contributed by atoms with Crippen molar-refractivity contribution < 1.29 is 14.7 Å². The SMILES string of the molecule is Cc1cc(NC(C)C)ncc1-c1sc(C(=O)N[C@@H]2CC[C@@H](O)C2)nc1C(=O)N1C2CCC1CC2. The summed E-state index contributed by atoms with van der Waals surface area (Å²) in [5.74, 6) is 0.428. The number of aromatic nitrogens is 2. The predicted molar refractivity (Wildman–Crippen MR) is 132 cm³/mol. The van der Waals surface area contributed by atoms with Gasteiger partial charge < -0.3 is 20.6 Å². The molecule has 1 saturated carbocycles. The molecule has 3 aliphatic rings. The first kappa shape index (κ1) is 23.2. The fourth-order valence-corrected chi connectivity index (χ4v) is 6.65. The van der Waals surface area contributed by atoms with Crippen LogP contribution in [0.15, 0.2) is 12.3 Å². The van der Waals surface area contributed by atoms with E-state index in [2.05, 4.69) is 34.4 Å². The van der Waals surface area contributed by atoms with Gasteiger partial charge in [0.25, 0.3) is 11.8 Å². The Morgan fingerprint density at radius 2 is 1.85 bits per heavy atom. The van der Waals surface area contributed by atoms with Gasteiger partial charge in [0.05, 0.1) is 11.0 Å². The quantitative estimate of drug-likeness (QED) is 0.578. The van der Waals surface area contributed by atoms with Gasteiger partial charge >= 0.3 is 0 Å². The summed E-state index contributed by atoms with van der Waals surface area (Å²) in [5.41, 5.74) is 2.16. The molecule has 4 heterocycles. The zero-order chi connectivity index (χ0) is 24.0. The molecule has 182 valence electrons. The monoisotopic (exact) mass is 483 g/mol. The van der Waals surface area contributed by atoms with Gasteiger partial charge in [-0.2, -0.15) is 0 Å². The van der Waals surface area contributed by atoms with Gasteiger partial charge in [-0.3, -0.25) is 9.59 Å². The second-order valence-electron chi connectivity index (χ2n) is 10.2. The average Bonchev–Trinajstić information content (AvgIpc) is 3.57. The molecular weight excluding hydrogens is 450 g/mol. The zero-order valence-electron chi connectivity index (χ0n) is 20.0. The normalized spacial score (nSPS) is 25.9. The number of hydrogen-bond donors (Lipinski definition) is 3. The van der Waals surface area contributed by atoms with Gasteiger partial charge in [-0.1, -0.05) is 0 Å². The number of thiazole rings is 1. The molecule has 2 atom stereocenters. The van der Waals surface area contributed by atoms with Crippen LogP contribution in [0.2, 0.25) is 0 Å². The molecule has 2 aromatic rings. The van der Waals surface area contributed by atoms with Gasteiger partial charge in [0.15, 0.2) is 5.01 Å². The zero-order valence-corrected chi connectivity index (χ0v) is 20.8. The van der Waals surface area contributed by atoms with Gasteiger partial charge in [-0.25, -0.2) is 9.97 Å². The van der Waals surface area contributed by atoms with Crippen LogP contribution in [-0.4, -0.2) is 62.1 Å². The third kappa shape index (κ3) is 4.43. The fourth-order valence-electron chi connectivity index (χ4n) is 5.62. The lowest BCUT2D eigenvalue weighted by Crippen LogP contribution is -2.36. The molecule has 2 aromatic heterocycles. The summed E-state index contributed by atoms with van der Waals surface area (Å²) in [6.07, 6.45) is 7.59. The van der Waals surface area contributed by atoms with Crippen molar-refractivity contribution in [2.45, 2.75) is 96.0 Å². The summed E-state index contributed by atoms with van der Waals surface area (Å²) in [7, 11) is 0. The highest BCUT2D eigenvalue weighted by molar-refractivity contribution is 7.17. The van der Waals surface area contributed by atoms with E-state index in [1.165, 1.54) is 11.3 Å². The number of pyridine rings is 1. The smallest absolute Gasteiger partial charge is 0.280 e. The number of amides is 2. The summed E-state index contributed by atoms with van der Waals surface area (Å²) in [6, 6.07) is 2.73. The second kappa shape index (κ2) is 9.26. The van der Waals surface area contributed by atoms with E-state index in [4.69, 9.17) is 0 Å². The minimum Gasteiger partial charge on any atom is -0.393 e. The molecule has 2 saturated heterocycles. The Morgan fingerprint density at radius 3 is 2.44 bits per heavy atom. The summed E-state index contributed by atoms with van der Waals surface area (Å²) >= 11 is 1.26. The fraction of sp³-hybridized carbons (Fsp3) is 0.600. The summed E-state index contributed by atoms with van der Waals surface area (Å²) in [6.45, 7) is 6.11.